The van der Waals surface area contributed by atoms with E-state index in [0.717, 1.165) is 25.7 Å². The maximum absolute atomic E-state index is 12.0. The molecule has 118 valence electrons. The third kappa shape index (κ3) is 7.92. The number of esters is 1. The van der Waals surface area contributed by atoms with Gasteiger partial charge in [-0.3, -0.25) is 0 Å². The first-order valence-electron chi connectivity index (χ1n) is 7.50. The summed E-state index contributed by atoms with van der Waals surface area (Å²) in [5.41, 5.74) is 0. The highest BCUT2D eigenvalue weighted by atomic mass is 16.7. The molecule has 0 rings (SSSR count). The highest BCUT2D eigenvalue weighted by Gasteiger charge is 2.22. The molecule has 5 nitrogen and oxygen atoms in total. The van der Waals surface area contributed by atoms with Gasteiger partial charge in [-0.05, 0) is 25.7 Å². The van der Waals surface area contributed by atoms with Crippen molar-refractivity contribution >= 4 is 5.97 Å². The number of carbonyl (C=O) groups is 1. The maximum atomic E-state index is 12.0. The Bertz CT molecular complexity index is 276. The molecule has 0 aliphatic rings. The summed E-state index contributed by atoms with van der Waals surface area (Å²) in [5.74, 6) is -0.340. The van der Waals surface area contributed by atoms with Gasteiger partial charge in [0.1, 0.15) is 0 Å². The molecule has 5 heteroatoms. The van der Waals surface area contributed by atoms with Gasteiger partial charge in [0.25, 0.3) is 5.76 Å². The minimum Gasteiger partial charge on any atom is -0.482 e. The van der Waals surface area contributed by atoms with E-state index in [4.69, 9.17) is 18.9 Å². The molecule has 0 amide bonds. The Hall–Kier alpha value is -1.39. The van der Waals surface area contributed by atoms with Gasteiger partial charge in [0.15, 0.2) is 0 Å². The molecule has 0 aliphatic carbocycles. The summed E-state index contributed by atoms with van der Waals surface area (Å²) in [4.78, 5) is 12.0. The second kappa shape index (κ2) is 12.6. The summed E-state index contributed by atoms with van der Waals surface area (Å²) < 4.78 is 21.5. The number of hydrogen-bond donors (Lipinski definition) is 0. The van der Waals surface area contributed by atoms with Gasteiger partial charge in [-0.15, -0.1) is 0 Å². The van der Waals surface area contributed by atoms with Gasteiger partial charge >= 0.3 is 11.9 Å². The van der Waals surface area contributed by atoms with Crippen molar-refractivity contribution in [3.63, 3.8) is 0 Å². The quantitative estimate of drug-likeness (QED) is 0.313. The second-order valence-electron chi connectivity index (χ2n) is 4.30. The van der Waals surface area contributed by atoms with Crippen molar-refractivity contribution in [1.29, 1.82) is 0 Å². The molecule has 0 aromatic carbocycles. The number of rotatable bonds is 12. The fourth-order valence-corrected chi connectivity index (χ4v) is 1.23. The summed E-state index contributed by atoms with van der Waals surface area (Å²) in [5, 5.41) is 0. The van der Waals surface area contributed by atoms with Crippen LogP contribution >= 0.6 is 0 Å². The van der Waals surface area contributed by atoms with Crippen LogP contribution in [0, 0.1) is 0 Å². The Kier molecular flexibility index (Phi) is 11.8. The molecule has 0 aromatic rings. The Morgan fingerprint density at radius 1 is 0.650 bits per heavy atom. The Labute approximate surface area is 122 Å². The number of hydrogen-bond acceptors (Lipinski definition) is 5. The van der Waals surface area contributed by atoms with E-state index in [1.807, 2.05) is 27.7 Å². The molecular weight excluding hydrogens is 260 g/mol. The zero-order chi connectivity index (χ0) is 15.2. The van der Waals surface area contributed by atoms with Crippen molar-refractivity contribution in [2.45, 2.75) is 53.4 Å². The van der Waals surface area contributed by atoms with Crippen LogP contribution in [0.2, 0.25) is 0 Å². The second-order valence-corrected chi connectivity index (χ2v) is 4.30. The van der Waals surface area contributed by atoms with Crippen LogP contribution in [0.4, 0.5) is 0 Å². The summed E-state index contributed by atoms with van der Waals surface area (Å²) in [6.07, 6.45) is 3.20. The van der Waals surface area contributed by atoms with Crippen molar-refractivity contribution in [3.8, 4) is 0 Å². The van der Waals surface area contributed by atoms with Gasteiger partial charge < -0.3 is 18.9 Å². The van der Waals surface area contributed by atoms with E-state index in [0.29, 0.717) is 26.4 Å². The van der Waals surface area contributed by atoms with Crippen LogP contribution in [0.5, 0.6) is 0 Å². The molecule has 0 aliphatic heterocycles. The summed E-state index contributed by atoms with van der Waals surface area (Å²) in [6, 6.07) is 0. The summed E-state index contributed by atoms with van der Waals surface area (Å²) in [7, 11) is 0. The van der Waals surface area contributed by atoms with Crippen LogP contribution in [0.15, 0.2) is 11.7 Å². The maximum Gasteiger partial charge on any atom is 0.381 e. The predicted molar refractivity (Wildman–Crippen MR) is 77.0 cm³/mol. The minimum absolute atomic E-state index is 0.0437. The third-order valence-electron chi connectivity index (χ3n) is 2.13. The standard InChI is InChI=1S/C15H28O5/c1-5-9-17-13(14(16)18-10-6-2)15(19-11-7-3)20-12-8-4/h5-12H2,1-4H3. The lowest BCUT2D eigenvalue weighted by Crippen LogP contribution is -2.17. The smallest absolute Gasteiger partial charge is 0.381 e. The zero-order valence-electron chi connectivity index (χ0n) is 13.2. The molecule has 0 spiro atoms. The van der Waals surface area contributed by atoms with E-state index in [-0.39, 0.29) is 11.7 Å². The molecule has 0 radical (unpaired) electrons. The predicted octanol–water partition coefficient (Wildman–Crippen LogP) is 3.39. The molecule has 0 bridgehead atoms. The molecule has 0 fully saturated rings. The molecular formula is C15H28O5. The van der Waals surface area contributed by atoms with Crippen LogP contribution in [0.1, 0.15) is 53.4 Å². The average Bonchev–Trinajstić information content (AvgIpc) is 2.47. The van der Waals surface area contributed by atoms with E-state index in [1.165, 1.54) is 0 Å². The Morgan fingerprint density at radius 3 is 1.50 bits per heavy atom. The third-order valence-corrected chi connectivity index (χ3v) is 2.13. The van der Waals surface area contributed by atoms with Gasteiger partial charge in [-0.25, -0.2) is 4.79 Å². The average molecular weight is 288 g/mol. The highest BCUT2D eigenvalue weighted by molar-refractivity contribution is 5.86. The van der Waals surface area contributed by atoms with Crippen LogP contribution in [-0.2, 0) is 23.7 Å². The highest BCUT2D eigenvalue weighted by Crippen LogP contribution is 2.14. The van der Waals surface area contributed by atoms with Gasteiger partial charge in [-0.2, -0.15) is 0 Å². The van der Waals surface area contributed by atoms with Crippen LogP contribution in [0.3, 0.4) is 0 Å². The van der Waals surface area contributed by atoms with Crippen LogP contribution in [-0.4, -0.2) is 32.4 Å². The molecule has 0 heterocycles. The van der Waals surface area contributed by atoms with Gasteiger partial charge in [0.05, 0.1) is 26.4 Å². The van der Waals surface area contributed by atoms with Crippen molar-refractivity contribution in [3.05, 3.63) is 11.7 Å². The molecule has 0 unspecified atom stereocenters. The van der Waals surface area contributed by atoms with Crippen molar-refractivity contribution < 1.29 is 23.7 Å². The lowest BCUT2D eigenvalue weighted by molar-refractivity contribution is -0.145. The lowest BCUT2D eigenvalue weighted by Gasteiger charge is -2.16. The molecule has 0 saturated heterocycles. The van der Waals surface area contributed by atoms with E-state index < -0.39 is 5.97 Å². The molecule has 0 saturated carbocycles. The first-order chi connectivity index (χ1) is 9.71. The van der Waals surface area contributed by atoms with Crippen molar-refractivity contribution in [1.82, 2.24) is 0 Å². The van der Waals surface area contributed by atoms with Crippen molar-refractivity contribution in [2.24, 2.45) is 0 Å². The largest absolute Gasteiger partial charge is 0.482 e. The van der Waals surface area contributed by atoms with Gasteiger partial charge in [-0.1, -0.05) is 27.7 Å². The van der Waals surface area contributed by atoms with E-state index in [9.17, 15) is 4.79 Å². The van der Waals surface area contributed by atoms with Crippen molar-refractivity contribution in [2.75, 3.05) is 26.4 Å². The van der Waals surface area contributed by atoms with Crippen LogP contribution in [0.25, 0.3) is 0 Å². The topological polar surface area (TPSA) is 54.0 Å². The van der Waals surface area contributed by atoms with Gasteiger partial charge in [0.2, 0.25) is 0 Å². The number of ether oxygens (including phenoxy) is 4. The first kappa shape index (κ1) is 18.6. The van der Waals surface area contributed by atoms with E-state index >= 15 is 0 Å². The monoisotopic (exact) mass is 288 g/mol. The Morgan fingerprint density at radius 2 is 1.05 bits per heavy atom. The van der Waals surface area contributed by atoms with E-state index in [1.54, 1.807) is 0 Å². The first-order valence-corrected chi connectivity index (χ1v) is 7.50. The fourth-order valence-electron chi connectivity index (χ4n) is 1.23. The normalized spacial score (nSPS) is 9.80. The van der Waals surface area contributed by atoms with Crippen LogP contribution < -0.4 is 0 Å². The summed E-state index contributed by atoms with van der Waals surface area (Å²) in [6.45, 7) is 9.59. The fraction of sp³-hybridized carbons (Fsp3) is 0.800. The number of carbonyl (C=O) groups excluding carboxylic acids is 1. The zero-order valence-corrected chi connectivity index (χ0v) is 13.2. The Balaban J connectivity index is 4.96. The molecule has 0 atom stereocenters. The SMILES string of the molecule is CCCOC(=O)C(OCCC)=C(OCCC)OCCC. The molecule has 0 N–H and O–H groups in total. The molecule has 20 heavy (non-hydrogen) atoms. The minimum atomic E-state index is -0.525. The van der Waals surface area contributed by atoms with E-state index in [2.05, 4.69) is 0 Å². The molecule has 0 aromatic heterocycles. The summed E-state index contributed by atoms with van der Waals surface area (Å²) >= 11 is 0. The lowest BCUT2D eigenvalue weighted by atomic mass is 10.4. The van der Waals surface area contributed by atoms with Gasteiger partial charge in [0, 0.05) is 0 Å².